The second-order valence-electron chi connectivity index (χ2n) is 5.44. The Morgan fingerprint density at radius 1 is 1.14 bits per heavy atom. The van der Waals surface area contributed by atoms with Gasteiger partial charge in [0.25, 0.3) is 5.88 Å². The molecule has 2 aromatic rings. The number of pyridine rings is 1. The number of aromatic nitrogens is 1. The monoisotopic (exact) mass is 429 g/mol. The van der Waals surface area contributed by atoms with Crippen LogP contribution >= 0.6 is 23.6 Å². The van der Waals surface area contributed by atoms with Crippen LogP contribution in [0.2, 0.25) is 5.02 Å². The Balaban J connectivity index is 1.89. The molecule has 10 heteroatoms. The van der Waals surface area contributed by atoms with Crippen LogP contribution < -0.4 is 9.47 Å². The molecule has 7 nitrogen and oxygen atoms in total. The van der Waals surface area contributed by atoms with Crippen LogP contribution in [0.5, 0.6) is 17.4 Å². The minimum absolute atomic E-state index is 0.161. The standard InChI is InChI=1S/C18H17ClFNO6S/c1-10(17(22)27-28-11(2)18(23)24-3)25-13-4-6-14(7-5-13)26-16-15(20)8-12(19)9-21-16/h4-11H,1-3H3. The van der Waals surface area contributed by atoms with Gasteiger partial charge in [-0.05, 0) is 44.2 Å². The summed E-state index contributed by atoms with van der Waals surface area (Å²) in [4.78, 5) is 27.0. The molecule has 28 heavy (non-hydrogen) atoms. The maximum atomic E-state index is 13.7. The summed E-state index contributed by atoms with van der Waals surface area (Å²) >= 11 is 6.33. The van der Waals surface area contributed by atoms with E-state index in [0.717, 1.165) is 6.07 Å². The molecule has 1 aromatic carbocycles. The van der Waals surface area contributed by atoms with E-state index in [-0.39, 0.29) is 10.9 Å². The molecule has 0 aliphatic heterocycles. The molecule has 0 fully saturated rings. The number of nitrogens with zero attached hydrogens (tertiary/aromatic N) is 1. The molecule has 2 atom stereocenters. The molecule has 2 unspecified atom stereocenters. The van der Waals surface area contributed by atoms with Crippen molar-refractivity contribution in [3.8, 4) is 17.4 Å². The van der Waals surface area contributed by atoms with Crippen LogP contribution in [0.15, 0.2) is 36.5 Å². The molecule has 1 aromatic heterocycles. The zero-order chi connectivity index (χ0) is 20.7. The highest BCUT2D eigenvalue weighted by atomic mass is 35.5. The molecule has 0 saturated heterocycles. The number of benzene rings is 1. The number of ether oxygens (including phenoxy) is 3. The number of halogens is 2. The lowest BCUT2D eigenvalue weighted by molar-refractivity contribution is -0.140. The Morgan fingerprint density at radius 2 is 1.79 bits per heavy atom. The number of carbonyl (C=O) groups is 2. The van der Waals surface area contributed by atoms with E-state index >= 15 is 0 Å². The summed E-state index contributed by atoms with van der Waals surface area (Å²) in [5.74, 6) is -1.39. The fraction of sp³-hybridized carbons (Fsp3) is 0.278. The van der Waals surface area contributed by atoms with E-state index < -0.39 is 29.1 Å². The molecule has 1 heterocycles. The molecular formula is C18H17ClFNO6S. The Kier molecular flexibility index (Phi) is 7.89. The van der Waals surface area contributed by atoms with Gasteiger partial charge >= 0.3 is 11.9 Å². The van der Waals surface area contributed by atoms with E-state index in [1.165, 1.54) is 44.5 Å². The van der Waals surface area contributed by atoms with Gasteiger partial charge in [-0.25, -0.2) is 14.2 Å². The minimum atomic E-state index is -0.917. The van der Waals surface area contributed by atoms with Gasteiger partial charge in [-0.1, -0.05) is 11.6 Å². The van der Waals surface area contributed by atoms with E-state index in [1.807, 2.05) is 0 Å². The van der Waals surface area contributed by atoms with Crippen molar-refractivity contribution in [3.05, 3.63) is 47.4 Å². The lowest BCUT2D eigenvalue weighted by atomic mass is 10.3. The van der Waals surface area contributed by atoms with Crippen molar-refractivity contribution >= 4 is 35.6 Å². The number of carbonyl (C=O) groups excluding carboxylic acids is 2. The molecule has 0 aliphatic carbocycles. The highest BCUT2D eigenvalue weighted by Crippen LogP contribution is 2.26. The van der Waals surface area contributed by atoms with Gasteiger partial charge in [-0.15, -0.1) is 0 Å². The number of methoxy groups -OCH3 is 1. The van der Waals surface area contributed by atoms with Gasteiger partial charge in [0.1, 0.15) is 16.7 Å². The summed E-state index contributed by atoms with van der Waals surface area (Å²) in [5, 5.41) is -0.493. The van der Waals surface area contributed by atoms with Crippen molar-refractivity contribution in [1.82, 2.24) is 4.98 Å². The number of hydrogen-bond acceptors (Lipinski definition) is 8. The molecule has 150 valence electrons. The first kappa shape index (κ1) is 21.8. The zero-order valence-electron chi connectivity index (χ0n) is 15.2. The first-order valence-electron chi connectivity index (χ1n) is 8.00. The smallest absolute Gasteiger partial charge is 0.359 e. The molecule has 0 radical (unpaired) electrons. The second kappa shape index (κ2) is 10.1. The molecule has 0 saturated carbocycles. The van der Waals surface area contributed by atoms with E-state index in [9.17, 15) is 14.0 Å². The van der Waals surface area contributed by atoms with Crippen LogP contribution in [0.3, 0.4) is 0 Å². The SMILES string of the molecule is COC(=O)C(C)SOC(=O)C(C)Oc1ccc(Oc2ncc(Cl)cc2F)cc1. The van der Waals surface area contributed by atoms with E-state index in [1.54, 1.807) is 6.92 Å². The predicted octanol–water partition coefficient (Wildman–Crippen LogP) is 4.19. The lowest BCUT2D eigenvalue weighted by Crippen LogP contribution is -2.26. The topological polar surface area (TPSA) is 84.0 Å². The zero-order valence-corrected chi connectivity index (χ0v) is 16.8. The number of rotatable bonds is 8. The average molecular weight is 430 g/mol. The van der Waals surface area contributed by atoms with Gasteiger partial charge in [0.15, 0.2) is 11.9 Å². The maximum Gasteiger partial charge on any atom is 0.359 e. The number of hydrogen-bond donors (Lipinski definition) is 0. The molecule has 0 N–H and O–H groups in total. The summed E-state index contributed by atoms with van der Waals surface area (Å²) in [5.41, 5.74) is 0. The highest BCUT2D eigenvalue weighted by Gasteiger charge is 2.22. The maximum absolute atomic E-state index is 13.7. The Bertz CT molecular complexity index is 835. The van der Waals surface area contributed by atoms with E-state index in [4.69, 9.17) is 25.3 Å². The van der Waals surface area contributed by atoms with Gasteiger partial charge in [0, 0.05) is 6.20 Å². The molecule has 0 amide bonds. The van der Waals surface area contributed by atoms with Crippen molar-refractivity contribution in [2.45, 2.75) is 25.2 Å². The predicted molar refractivity (Wildman–Crippen MR) is 101 cm³/mol. The summed E-state index contributed by atoms with van der Waals surface area (Å²) in [6.07, 6.45) is 0.351. The molecule has 0 aliphatic rings. The molecule has 0 bridgehead atoms. The normalized spacial score (nSPS) is 12.6. The van der Waals surface area contributed by atoms with Crippen molar-refractivity contribution < 1.29 is 32.4 Å². The van der Waals surface area contributed by atoms with Gasteiger partial charge in [0.2, 0.25) is 0 Å². The lowest BCUT2D eigenvalue weighted by Gasteiger charge is -2.14. The van der Waals surface area contributed by atoms with Crippen LogP contribution in [0.4, 0.5) is 4.39 Å². The molecular weight excluding hydrogens is 413 g/mol. The Hall–Kier alpha value is -2.52. The quantitative estimate of drug-likeness (QED) is 0.456. The summed E-state index contributed by atoms with van der Waals surface area (Å²) in [7, 11) is 1.25. The van der Waals surface area contributed by atoms with Crippen molar-refractivity contribution in [2.24, 2.45) is 0 Å². The third kappa shape index (κ3) is 6.28. The molecule has 0 spiro atoms. The summed E-state index contributed by atoms with van der Waals surface area (Å²) in [6.45, 7) is 3.05. The molecule has 2 rings (SSSR count). The van der Waals surface area contributed by atoms with E-state index in [2.05, 4.69) is 9.72 Å². The Morgan fingerprint density at radius 3 is 2.39 bits per heavy atom. The van der Waals surface area contributed by atoms with Gasteiger partial charge in [0.05, 0.1) is 24.2 Å². The minimum Gasteiger partial charge on any atom is -0.479 e. The third-order valence-corrected chi connectivity index (χ3v) is 4.21. The average Bonchev–Trinajstić information content (AvgIpc) is 2.68. The fourth-order valence-corrected chi connectivity index (χ4v) is 2.51. The third-order valence-electron chi connectivity index (χ3n) is 3.26. The van der Waals surface area contributed by atoms with Crippen LogP contribution in [-0.4, -0.2) is 35.4 Å². The largest absolute Gasteiger partial charge is 0.479 e. The summed E-state index contributed by atoms with van der Waals surface area (Å²) in [6, 6.07) is 7.22. The summed E-state index contributed by atoms with van der Waals surface area (Å²) < 4.78 is 34.0. The second-order valence-corrected chi connectivity index (χ2v) is 6.94. The van der Waals surface area contributed by atoms with Gasteiger partial charge in [-0.2, -0.15) is 0 Å². The van der Waals surface area contributed by atoms with Crippen LogP contribution in [0.25, 0.3) is 0 Å². The van der Waals surface area contributed by atoms with Crippen molar-refractivity contribution in [2.75, 3.05) is 7.11 Å². The van der Waals surface area contributed by atoms with Crippen LogP contribution in [0, 0.1) is 5.82 Å². The van der Waals surface area contributed by atoms with E-state index in [0.29, 0.717) is 23.5 Å². The van der Waals surface area contributed by atoms with Crippen LogP contribution in [-0.2, 0) is 18.5 Å². The first-order chi connectivity index (χ1) is 13.3. The Labute approximate surface area is 170 Å². The van der Waals surface area contributed by atoms with Crippen molar-refractivity contribution in [3.63, 3.8) is 0 Å². The number of esters is 1. The van der Waals surface area contributed by atoms with Gasteiger partial charge < -0.3 is 18.4 Å². The van der Waals surface area contributed by atoms with Crippen LogP contribution in [0.1, 0.15) is 13.8 Å². The van der Waals surface area contributed by atoms with Gasteiger partial charge in [-0.3, -0.25) is 4.79 Å². The van der Waals surface area contributed by atoms with Crippen molar-refractivity contribution in [1.29, 1.82) is 0 Å². The first-order valence-corrected chi connectivity index (χ1v) is 9.19. The fourth-order valence-electron chi connectivity index (χ4n) is 1.82. The highest BCUT2D eigenvalue weighted by molar-refractivity contribution is 7.96.